The SMILES string of the molecule is COP(=O)(NCCN(C)C)OC. The van der Waals surface area contributed by atoms with E-state index in [0.29, 0.717) is 6.54 Å². The van der Waals surface area contributed by atoms with Crippen LogP contribution in [0.25, 0.3) is 0 Å². The molecule has 0 atom stereocenters. The maximum absolute atomic E-state index is 11.4. The van der Waals surface area contributed by atoms with Crippen LogP contribution in [0.4, 0.5) is 0 Å². The first-order valence-corrected chi connectivity index (χ1v) is 5.19. The Labute approximate surface area is 73.6 Å². The Hall–Kier alpha value is 0.0700. The Morgan fingerprint density at radius 2 is 1.83 bits per heavy atom. The molecule has 0 aliphatic carbocycles. The highest BCUT2D eigenvalue weighted by atomic mass is 31.2. The lowest BCUT2D eigenvalue weighted by atomic mass is 10.6. The van der Waals surface area contributed by atoms with Gasteiger partial charge in [0.25, 0.3) is 0 Å². The second-order valence-electron chi connectivity index (χ2n) is 2.57. The molecule has 0 rings (SSSR count). The van der Waals surface area contributed by atoms with Crippen molar-refractivity contribution in [3.63, 3.8) is 0 Å². The lowest BCUT2D eigenvalue weighted by Crippen LogP contribution is -2.25. The van der Waals surface area contributed by atoms with Crippen molar-refractivity contribution in [3.8, 4) is 0 Å². The first-order valence-electron chi connectivity index (χ1n) is 3.65. The fourth-order valence-electron chi connectivity index (χ4n) is 0.614. The third-order valence-electron chi connectivity index (χ3n) is 1.35. The van der Waals surface area contributed by atoms with E-state index >= 15 is 0 Å². The van der Waals surface area contributed by atoms with Gasteiger partial charge in [0.2, 0.25) is 0 Å². The van der Waals surface area contributed by atoms with E-state index in [1.165, 1.54) is 14.2 Å². The summed E-state index contributed by atoms with van der Waals surface area (Å²) < 4.78 is 20.7. The average Bonchev–Trinajstić information content (AvgIpc) is 2.03. The van der Waals surface area contributed by atoms with Gasteiger partial charge in [0, 0.05) is 27.3 Å². The summed E-state index contributed by atoms with van der Waals surface area (Å²) in [5, 5.41) is 2.70. The third kappa shape index (κ3) is 4.85. The van der Waals surface area contributed by atoms with Gasteiger partial charge in [0.1, 0.15) is 0 Å². The van der Waals surface area contributed by atoms with Gasteiger partial charge in [-0.3, -0.25) is 0 Å². The summed E-state index contributed by atoms with van der Waals surface area (Å²) in [5.41, 5.74) is 0. The van der Waals surface area contributed by atoms with E-state index < -0.39 is 7.75 Å². The second kappa shape index (κ2) is 5.67. The van der Waals surface area contributed by atoms with Crippen LogP contribution >= 0.6 is 7.75 Å². The monoisotopic (exact) mass is 196 g/mol. The number of rotatable bonds is 6. The Kier molecular flexibility index (Phi) is 5.70. The third-order valence-corrected chi connectivity index (χ3v) is 2.92. The van der Waals surface area contributed by atoms with Gasteiger partial charge in [-0.05, 0) is 14.1 Å². The minimum atomic E-state index is -3.01. The molecule has 0 aromatic carbocycles. The molecular formula is C6H17N2O3P. The van der Waals surface area contributed by atoms with Crippen molar-refractivity contribution in [1.29, 1.82) is 0 Å². The molecule has 0 aromatic heterocycles. The van der Waals surface area contributed by atoms with Crippen LogP contribution in [0.2, 0.25) is 0 Å². The smallest absolute Gasteiger partial charge is 0.308 e. The summed E-state index contributed by atoms with van der Waals surface area (Å²) in [5.74, 6) is 0. The Morgan fingerprint density at radius 3 is 2.17 bits per heavy atom. The standard InChI is InChI=1S/C6H17N2O3P/c1-8(2)6-5-7-12(9,10-3)11-4/h5-6H2,1-4H3,(H,7,9). The van der Waals surface area contributed by atoms with Gasteiger partial charge >= 0.3 is 7.75 Å². The summed E-state index contributed by atoms with van der Waals surface area (Å²) in [6, 6.07) is 0. The van der Waals surface area contributed by atoms with Crippen LogP contribution < -0.4 is 5.09 Å². The molecule has 0 spiro atoms. The van der Waals surface area contributed by atoms with E-state index in [1.807, 2.05) is 19.0 Å². The summed E-state index contributed by atoms with van der Waals surface area (Å²) in [6.07, 6.45) is 0. The van der Waals surface area contributed by atoms with E-state index in [9.17, 15) is 4.57 Å². The van der Waals surface area contributed by atoms with Crippen molar-refractivity contribution in [2.75, 3.05) is 41.4 Å². The Balaban J connectivity index is 3.67. The van der Waals surface area contributed by atoms with E-state index in [4.69, 9.17) is 0 Å². The zero-order valence-corrected chi connectivity index (χ0v) is 8.93. The molecule has 0 aromatic rings. The van der Waals surface area contributed by atoms with E-state index in [1.54, 1.807) is 0 Å². The van der Waals surface area contributed by atoms with E-state index in [0.717, 1.165) is 6.54 Å². The molecule has 0 saturated carbocycles. The number of hydrogen-bond donors (Lipinski definition) is 1. The molecule has 6 heteroatoms. The molecule has 0 unspecified atom stereocenters. The average molecular weight is 196 g/mol. The molecule has 74 valence electrons. The first kappa shape index (κ1) is 12.1. The molecular weight excluding hydrogens is 179 g/mol. The summed E-state index contributed by atoms with van der Waals surface area (Å²) >= 11 is 0. The minimum Gasteiger partial charge on any atom is -0.308 e. The van der Waals surface area contributed by atoms with Gasteiger partial charge in [0.05, 0.1) is 0 Å². The maximum atomic E-state index is 11.4. The van der Waals surface area contributed by atoms with Crippen LogP contribution in [0.5, 0.6) is 0 Å². The summed E-state index contributed by atoms with van der Waals surface area (Å²) in [6.45, 7) is 1.36. The molecule has 0 bridgehead atoms. The van der Waals surface area contributed by atoms with Crippen LogP contribution in [-0.4, -0.2) is 46.3 Å². The lowest BCUT2D eigenvalue weighted by molar-refractivity contribution is 0.262. The van der Waals surface area contributed by atoms with Crippen molar-refractivity contribution in [2.45, 2.75) is 0 Å². The predicted molar refractivity (Wildman–Crippen MR) is 48.2 cm³/mol. The van der Waals surface area contributed by atoms with Crippen molar-refractivity contribution >= 4 is 7.75 Å². The molecule has 12 heavy (non-hydrogen) atoms. The molecule has 1 N–H and O–H groups in total. The van der Waals surface area contributed by atoms with Crippen LogP contribution in [0, 0.1) is 0 Å². The maximum Gasteiger partial charge on any atom is 0.405 e. The van der Waals surface area contributed by atoms with Gasteiger partial charge < -0.3 is 13.9 Å². The minimum absolute atomic E-state index is 0.575. The topological polar surface area (TPSA) is 50.8 Å². The van der Waals surface area contributed by atoms with E-state index in [2.05, 4.69) is 14.1 Å². The quantitative estimate of drug-likeness (QED) is 0.628. The highest BCUT2D eigenvalue weighted by Gasteiger charge is 2.19. The number of hydrogen-bond acceptors (Lipinski definition) is 4. The number of nitrogens with one attached hydrogen (secondary N) is 1. The molecule has 0 fully saturated rings. The fraction of sp³-hybridized carbons (Fsp3) is 1.00. The molecule has 0 radical (unpaired) electrons. The molecule has 5 nitrogen and oxygen atoms in total. The van der Waals surface area contributed by atoms with Crippen molar-refractivity contribution in [1.82, 2.24) is 9.99 Å². The summed E-state index contributed by atoms with van der Waals surface area (Å²) in [4.78, 5) is 1.97. The Morgan fingerprint density at radius 1 is 1.33 bits per heavy atom. The van der Waals surface area contributed by atoms with Gasteiger partial charge in [-0.25, -0.2) is 9.65 Å². The lowest BCUT2D eigenvalue weighted by Gasteiger charge is -2.16. The molecule has 0 aliphatic heterocycles. The highest BCUT2D eigenvalue weighted by molar-refractivity contribution is 7.51. The second-order valence-corrected chi connectivity index (χ2v) is 4.62. The van der Waals surface area contributed by atoms with Gasteiger partial charge in [-0.2, -0.15) is 0 Å². The fourth-order valence-corrected chi connectivity index (χ4v) is 1.40. The van der Waals surface area contributed by atoms with Crippen molar-refractivity contribution in [2.24, 2.45) is 0 Å². The largest absolute Gasteiger partial charge is 0.405 e. The zero-order chi connectivity index (χ0) is 9.61. The number of likely N-dealkylation sites (N-methyl/N-ethyl adjacent to an activating group) is 1. The molecule has 0 heterocycles. The van der Waals surface area contributed by atoms with Gasteiger partial charge in [-0.15, -0.1) is 0 Å². The van der Waals surface area contributed by atoms with Gasteiger partial charge in [-0.1, -0.05) is 0 Å². The molecule has 0 saturated heterocycles. The van der Waals surface area contributed by atoms with Crippen LogP contribution in [0.3, 0.4) is 0 Å². The first-order chi connectivity index (χ1) is 5.54. The Bertz CT molecular complexity index is 155. The summed E-state index contributed by atoms with van der Waals surface area (Å²) in [7, 11) is 3.57. The molecule has 0 amide bonds. The number of nitrogens with zero attached hydrogens (tertiary/aromatic N) is 1. The van der Waals surface area contributed by atoms with Crippen molar-refractivity contribution in [3.05, 3.63) is 0 Å². The highest BCUT2D eigenvalue weighted by Crippen LogP contribution is 2.40. The van der Waals surface area contributed by atoms with Crippen molar-refractivity contribution < 1.29 is 13.6 Å². The molecule has 0 aliphatic rings. The van der Waals surface area contributed by atoms with Crippen LogP contribution in [-0.2, 0) is 13.6 Å². The van der Waals surface area contributed by atoms with Crippen LogP contribution in [0.15, 0.2) is 0 Å². The van der Waals surface area contributed by atoms with Gasteiger partial charge in [0.15, 0.2) is 0 Å². The van der Waals surface area contributed by atoms with E-state index in [-0.39, 0.29) is 0 Å². The zero-order valence-electron chi connectivity index (χ0n) is 8.03. The predicted octanol–water partition coefficient (Wildman–Crippen LogP) is 0.538. The van der Waals surface area contributed by atoms with Crippen LogP contribution in [0.1, 0.15) is 0 Å². The normalized spacial score (nSPS) is 12.4.